The third kappa shape index (κ3) is 2.24. The lowest BCUT2D eigenvalue weighted by Crippen LogP contribution is -2.43. The van der Waals surface area contributed by atoms with Crippen LogP contribution in [0.3, 0.4) is 0 Å². The third-order valence-corrected chi connectivity index (χ3v) is 3.48. The summed E-state index contributed by atoms with van der Waals surface area (Å²) in [5.41, 5.74) is 6.89. The molecule has 1 aliphatic rings. The molecule has 1 aromatic carbocycles. The summed E-state index contributed by atoms with van der Waals surface area (Å²) in [5, 5.41) is 0. The molecule has 5 nitrogen and oxygen atoms in total. The molecule has 0 saturated carbocycles. The zero-order valence-electron chi connectivity index (χ0n) is 10.6. The van der Waals surface area contributed by atoms with E-state index in [2.05, 4.69) is 9.55 Å². The van der Waals surface area contributed by atoms with Crippen molar-refractivity contribution in [1.29, 1.82) is 0 Å². The maximum Gasteiger partial charge on any atom is 0.244 e. The van der Waals surface area contributed by atoms with Gasteiger partial charge in [0.25, 0.3) is 0 Å². The van der Waals surface area contributed by atoms with E-state index in [9.17, 15) is 4.79 Å². The van der Waals surface area contributed by atoms with Crippen LogP contribution in [0, 0.1) is 0 Å². The van der Waals surface area contributed by atoms with Crippen molar-refractivity contribution in [3.05, 3.63) is 54.1 Å². The number of benzene rings is 1. The maximum absolute atomic E-state index is 12.4. The number of fused-ring (bicyclic) bond motifs is 1. The van der Waals surface area contributed by atoms with Gasteiger partial charge in [0.05, 0.1) is 6.54 Å². The summed E-state index contributed by atoms with van der Waals surface area (Å²) in [5.74, 6) is 0.875. The molecule has 1 aliphatic heterocycles. The second-order valence-electron chi connectivity index (χ2n) is 4.69. The maximum atomic E-state index is 12.4. The fourth-order valence-electron chi connectivity index (χ4n) is 2.36. The molecule has 0 radical (unpaired) electrons. The second kappa shape index (κ2) is 4.85. The van der Waals surface area contributed by atoms with Crippen LogP contribution in [0.1, 0.15) is 17.4 Å². The van der Waals surface area contributed by atoms with Crippen molar-refractivity contribution in [1.82, 2.24) is 14.5 Å². The van der Waals surface area contributed by atoms with Crippen LogP contribution >= 0.6 is 0 Å². The molecule has 0 bridgehead atoms. The number of hydrogen-bond acceptors (Lipinski definition) is 3. The molecule has 0 aliphatic carbocycles. The van der Waals surface area contributed by atoms with Gasteiger partial charge in [0.15, 0.2) is 0 Å². The van der Waals surface area contributed by atoms with Gasteiger partial charge in [-0.15, -0.1) is 0 Å². The number of imidazole rings is 1. The zero-order valence-corrected chi connectivity index (χ0v) is 10.6. The van der Waals surface area contributed by atoms with Crippen molar-refractivity contribution in [2.75, 3.05) is 6.54 Å². The Bertz CT molecular complexity index is 578. The molecule has 0 fully saturated rings. The van der Waals surface area contributed by atoms with E-state index >= 15 is 0 Å². The van der Waals surface area contributed by atoms with E-state index in [-0.39, 0.29) is 5.91 Å². The second-order valence-corrected chi connectivity index (χ2v) is 4.69. The summed E-state index contributed by atoms with van der Waals surface area (Å²) >= 11 is 0. The van der Waals surface area contributed by atoms with Crippen LogP contribution in [0.4, 0.5) is 0 Å². The van der Waals surface area contributed by atoms with Crippen molar-refractivity contribution in [3.8, 4) is 0 Å². The summed E-state index contributed by atoms with van der Waals surface area (Å²) in [7, 11) is 0. The number of rotatable bonds is 2. The van der Waals surface area contributed by atoms with E-state index in [0.717, 1.165) is 17.9 Å². The number of carbonyl (C=O) groups is 1. The average molecular weight is 256 g/mol. The van der Waals surface area contributed by atoms with Crippen LogP contribution in [-0.2, 0) is 17.9 Å². The van der Waals surface area contributed by atoms with Crippen molar-refractivity contribution in [2.45, 2.75) is 19.1 Å². The fourth-order valence-corrected chi connectivity index (χ4v) is 2.36. The quantitative estimate of drug-likeness (QED) is 0.869. The zero-order chi connectivity index (χ0) is 13.2. The molecule has 0 saturated heterocycles. The average Bonchev–Trinajstić information content (AvgIpc) is 2.94. The molecule has 2 heterocycles. The molecule has 1 amide bonds. The molecule has 3 rings (SSSR count). The van der Waals surface area contributed by atoms with Gasteiger partial charge in [0.2, 0.25) is 5.91 Å². The molecule has 2 aromatic rings. The van der Waals surface area contributed by atoms with Crippen LogP contribution in [0.15, 0.2) is 42.7 Å². The summed E-state index contributed by atoms with van der Waals surface area (Å²) in [4.78, 5) is 18.4. The molecule has 0 spiro atoms. The van der Waals surface area contributed by atoms with Gasteiger partial charge in [-0.05, 0) is 5.56 Å². The minimum atomic E-state index is -0.595. The van der Waals surface area contributed by atoms with Crippen molar-refractivity contribution < 1.29 is 4.79 Å². The van der Waals surface area contributed by atoms with Crippen LogP contribution < -0.4 is 5.73 Å². The first-order chi connectivity index (χ1) is 9.25. The number of hydrogen-bond donors (Lipinski definition) is 1. The minimum Gasteiger partial charge on any atom is -0.332 e. The SMILES string of the molecule is N[C@H](C(=O)N1CCn2ccnc2C1)c1ccccc1. The number of amides is 1. The van der Waals surface area contributed by atoms with E-state index in [4.69, 9.17) is 5.73 Å². The largest absolute Gasteiger partial charge is 0.332 e. The van der Waals surface area contributed by atoms with E-state index < -0.39 is 6.04 Å². The molecular formula is C14H16N4O. The minimum absolute atomic E-state index is 0.0412. The Balaban J connectivity index is 1.75. The van der Waals surface area contributed by atoms with Crippen molar-refractivity contribution >= 4 is 5.91 Å². The van der Waals surface area contributed by atoms with Gasteiger partial charge >= 0.3 is 0 Å². The normalized spacial score (nSPS) is 15.9. The van der Waals surface area contributed by atoms with E-state index in [0.29, 0.717) is 13.1 Å². The highest BCUT2D eigenvalue weighted by atomic mass is 16.2. The Hall–Kier alpha value is -2.14. The summed E-state index contributed by atoms with van der Waals surface area (Å²) in [6, 6.07) is 8.87. The van der Waals surface area contributed by atoms with Crippen LogP contribution in [0.2, 0.25) is 0 Å². The van der Waals surface area contributed by atoms with E-state index in [1.807, 2.05) is 36.5 Å². The molecular weight excluding hydrogens is 240 g/mol. The van der Waals surface area contributed by atoms with Gasteiger partial charge < -0.3 is 15.2 Å². The first-order valence-electron chi connectivity index (χ1n) is 6.35. The molecule has 19 heavy (non-hydrogen) atoms. The predicted molar refractivity (Wildman–Crippen MR) is 71.0 cm³/mol. The lowest BCUT2D eigenvalue weighted by atomic mass is 10.1. The standard InChI is InChI=1S/C14H16N4O/c15-13(11-4-2-1-3-5-11)14(19)18-9-8-17-7-6-16-12(17)10-18/h1-7,13H,8-10,15H2/t13-/m0/s1. The number of nitrogens with zero attached hydrogens (tertiary/aromatic N) is 3. The first-order valence-corrected chi connectivity index (χ1v) is 6.35. The summed E-state index contributed by atoms with van der Waals surface area (Å²) in [6.07, 6.45) is 3.70. The molecule has 1 aromatic heterocycles. The Kier molecular flexibility index (Phi) is 3.05. The summed E-state index contributed by atoms with van der Waals surface area (Å²) in [6.45, 7) is 2.00. The Morgan fingerprint density at radius 3 is 2.84 bits per heavy atom. The van der Waals surface area contributed by atoms with Crippen molar-refractivity contribution in [3.63, 3.8) is 0 Å². The number of nitrogens with two attached hydrogens (primary N) is 1. The molecule has 5 heteroatoms. The molecule has 2 N–H and O–H groups in total. The fraction of sp³-hybridized carbons (Fsp3) is 0.286. The van der Waals surface area contributed by atoms with Crippen molar-refractivity contribution in [2.24, 2.45) is 5.73 Å². The van der Waals surface area contributed by atoms with Gasteiger partial charge in [-0.2, -0.15) is 0 Å². The Morgan fingerprint density at radius 2 is 2.05 bits per heavy atom. The number of aromatic nitrogens is 2. The van der Waals surface area contributed by atoms with Gasteiger partial charge in [-0.25, -0.2) is 4.98 Å². The topological polar surface area (TPSA) is 64.2 Å². The number of carbonyl (C=O) groups excluding carboxylic acids is 1. The third-order valence-electron chi connectivity index (χ3n) is 3.48. The molecule has 1 atom stereocenters. The highest BCUT2D eigenvalue weighted by molar-refractivity contribution is 5.83. The smallest absolute Gasteiger partial charge is 0.244 e. The predicted octanol–water partition coefficient (Wildman–Crippen LogP) is 0.925. The van der Waals surface area contributed by atoms with E-state index in [1.54, 1.807) is 11.1 Å². The van der Waals surface area contributed by atoms with Gasteiger partial charge in [0, 0.05) is 25.5 Å². The molecule has 0 unspecified atom stereocenters. The van der Waals surface area contributed by atoms with Gasteiger partial charge in [0.1, 0.15) is 11.9 Å². The summed E-state index contributed by atoms with van der Waals surface area (Å²) < 4.78 is 2.07. The lowest BCUT2D eigenvalue weighted by Gasteiger charge is -2.29. The molecule has 98 valence electrons. The van der Waals surface area contributed by atoms with Gasteiger partial charge in [-0.3, -0.25) is 4.79 Å². The first kappa shape index (κ1) is 11.9. The highest BCUT2D eigenvalue weighted by Gasteiger charge is 2.26. The van der Waals surface area contributed by atoms with Gasteiger partial charge in [-0.1, -0.05) is 30.3 Å². The Morgan fingerprint density at radius 1 is 1.26 bits per heavy atom. The highest BCUT2D eigenvalue weighted by Crippen LogP contribution is 2.17. The van der Waals surface area contributed by atoms with E-state index in [1.165, 1.54) is 0 Å². The Labute approximate surface area is 111 Å². The lowest BCUT2D eigenvalue weighted by molar-refractivity contribution is -0.134. The van der Waals surface area contributed by atoms with Crippen LogP contribution in [-0.4, -0.2) is 26.9 Å². The van der Waals surface area contributed by atoms with Crippen LogP contribution in [0.25, 0.3) is 0 Å². The van der Waals surface area contributed by atoms with Crippen LogP contribution in [0.5, 0.6) is 0 Å². The monoisotopic (exact) mass is 256 g/mol.